The molecule has 21 heavy (non-hydrogen) atoms. The maximum Gasteiger partial charge on any atom is 0.416 e. The number of aliphatic carboxylic acids is 1. The van der Waals surface area contributed by atoms with Gasteiger partial charge in [0, 0.05) is 6.54 Å². The van der Waals surface area contributed by atoms with Crippen molar-refractivity contribution in [2.75, 3.05) is 12.3 Å². The number of hydrogen-bond donors (Lipinski definition) is 1. The van der Waals surface area contributed by atoms with Crippen LogP contribution >= 0.6 is 11.8 Å². The fourth-order valence-electron chi connectivity index (χ4n) is 2.06. The molecule has 1 unspecified atom stereocenters. The maximum absolute atomic E-state index is 12.7. The molecule has 114 valence electrons. The van der Waals surface area contributed by atoms with Gasteiger partial charge in [-0.2, -0.15) is 13.2 Å². The van der Waals surface area contributed by atoms with Gasteiger partial charge in [-0.15, -0.1) is 11.8 Å². The second kappa shape index (κ2) is 5.97. The number of hydrogen-bond acceptors (Lipinski definition) is 3. The summed E-state index contributed by atoms with van der Waals surface area (Å²) >= 11 is 1.20. The molecule has 2 rings (SSSR count). The van der Waals surface area contributed by atoms with E-state index in [4.69, 9.17) is 5.11 Å². The van der Waals surface area contributed by atoms with E-state index in [1.54, 1.807) is 0 Å². The van der Waals surface area contributed by atoms with Crippen molar-refractivity contribution in [3.05, 3.63) is 35.4 Å². The monoisotopic (exact) mass is 319 g/mol. The Kier molecular flexibility index (Phi) is 4.46. The van der Waals surface area contributed by atoms with Gasteiger partial charge < -0.3 is 10.0 Å². The van der Waals surface area contributed by atoms with Crippen LogP contribution in [0.15, 0.2) is 24.3 Å². The van der Waals surface area contributed by atoms with Crippen molar-refractivity contribution < 1.29 is 27.9 Å². The quantitative estimate of drug-likeness (QED) is 0.927. The summed E-state index contributed by atoms with van der Waals surface area (Å²) in [6.45, 7) is -0.0118. The van der Waals surface area contributed by atoms with Crippen molar-refractivity contribution in [3.8, 4) is 0 Å². The van der Waals surface area contributed by atoms with Gasteiger partial charge in [0.2, 0.25) is 5.91 Å². The molecule has 1 amide bonds. The molecule has 1 aromatic rings. The third-order valence-electron chi connectivity index (χ3n) is 3.03. The molecule has 8 heteroatoms. The summed E-state index contributed by atoms with van der Waals surface area (Å²) in [5.74, 6) is -1.17. The first-order valence-electron chi connectivity index (χ1n) is 6.09. The predicted octanol–water partition coefficient (Wildman–Crippen LogP) is 2.75. The molecule has 1 aliphatic rings. The lowest BCUT2D eigenvalue weighted by atomic mass is 10.1. The number of thioether (sulfide) groups is 1. The molecule has 0 aliphatic carbocycles. The van der Waals surface area contributed by atoms with E-state index in [1.807, 2.05) is 0 Å². The number of carbonyl (C=O) groups excluding carboxylic acids is 1. The van der Waals surface area contributed by atoms with Gasteiger partial charge in [0.05, 0.1) is 17.7 Å². The van der Waals surface area contributed by atoms with Crippen molar-refractivity contribution in [1.29, 1.82) is 0 Å². The van der Waals surface area contributed by atoms with Gasteiger partial charge in [-0.25, -0.2) is 0 Å². The summed E-state index contributed by atoms with van der Waals surface area (Å²) in [5, 5.41) is 8.10. The second-order valence-corrected chi connectivity index (χ2v) is 5.59. The van der Waals surface area contributed by atoms with Crippen molar-refractivity contribution in [2.45, 2.75) is 18.0 Å². The third-order valence-corrected chi connectivity index (χ3v) is 4.29. The van der Waals surface area contributed by atoms with E-state index < -0.39 is 23.1 Å². The number of alkyl halides is 3. The number of amides is 1. The molecule has 4 nitrogen and oxygen atoms in total. The average Bonchev–Trinajstić information content (AvgIpc) is 2.77. The van der Waals surface area contributed by atoms with Crippen LogP contribution < -0.4 is 0 Å². The summed E-state index contributed by atoms with van der Waals surface area (Å²) in [5.41, 5.74) is -0.427. The van der Waals surface area contributed by atoms with Crippen LogP contribution in [0.5, 0.6) is 0 Å². The fourth-order valence-corrected chi connectivity index (χ4v) is 3.26. The number of benzene rings is 1. The Morgan fingerprint density at radius 2 is 2.14 bits per heavy atom. The minimum absolute atomic E-state index is 0.0118. The highest BCUT2D eigenvalue weighted by Crippen LogP contribution is 2.40. The minimum Gasteiger partial charge on any atom is -0.481 e. The lowest BCUT2D eigenvalue weighted by molar-refractivity contribution is -0.138. The number of nitrogens with zero attached hydrogens (tertiary/aromatic N) is 1. The lowest BCUT2D eigenvalue weighted by Gasteiger charge is -2.24. The topological polar surface area (TPSA) is 57.6 Å². The SMILES string of the molecule is O=C(O)CCN1C(=O)CSC1c1cccc(C(F)(F)F)c1. The number of carboxylic acid groups (broad SMARTS) is 1. The largest absolute Gasteiger partial charge is 0.481 e. The van der Waals surface area contributed by atoms with Gasteiger partial charge in [0.1, 0.15) is 5.37 Å². The molecular weight excluding hydrogens is 307 g/mol. The van der Waals surface area contributed by atoms with Gasteiger partial charge in [-0.05, 0) is 17.7 Å². The Hall–Kier alpha value is -1.70. The van der Waals surface area contributed by atoms with Gasteiger partial charge in [-0.3, -0.25) is 9.59 Å². The molecule has 0 aromatic heterocycles. The fraction of sp³-hybridized carbons (Fsp3) is 0.385. The van der Waals surface area contributed by atoms with E-state index in [0.717, 1.165) is 12.1 Å². The Balaban J connectivity index is 2.23. The first kappa shape index (κ1) is 15.7. The van der Waals surface area contributed by atoms with Crippen molar-refractivity contribution in [3.63, 3.8) is 0 Å². The summed E-state index contributed by atoms with van der Waals surface area (Å²) < 4.78 is 38.2. The normalized spacial score (nSPS) is 19.1. The van der Waals surface area contributed by atoms with Gasteiger partial charge >= 0.3 is 12.1 Å². The Morgan fingerprint density at radius 1 is 1.43 bits per heavy atom. The van der Waals surface area contributed by atoms with E-state index >= 15 is 0 Å². The number of rotatable bonds is 4. The van der Waals surface area contributed by atoms with E-state index in [-0.39, 0.29) is 24.6 Å². The second-order valence-electron chi connectivity index (χ2n) is 4.52. The predicted molar refractivity (Wildman–Crippen MR) is 70.6 cm³/mol. The van der Waals surface area contributed by atoms with Gasteiger partial charge in [-0.1, -0.05) is 12.1 Å². The number of halogens is 3. The van der Waals surface area contributed by atoms with Crippen LogP contribution in [0.3, 0.4) is 0 Å². The summed E-state index contributed by atoms with van der Waals surface area (Å²) in [4.78, 5) is 23.7. The number of carboxylic acids is 1. The first-order chi connectivity index (χ1) is 9.79. The molecule has 0 saturated carbocycles. The number of carbonyl (C=O) groups is 2. The highest BCUT2D eigenvalue weighted by Gasteiger charge is 2.35. The molecule has 1 heterocycles. The van der Waals surface area contributed by atoms with Crippen LogP contribution in [0, 0.1) is 0 Å². The van der Waals surface area contributed by atoms with Gasteiger partial charge in [0.15, 0.2) is 0 Å². The van der Waals surface area contributed by atoms with Crippen LogP contribution in [0.4, 0.5) is 13.2 Å². The van der Waals surface area contributed by atoms with Crippen LogP contribution in [0.25, 0.3) is 0 Å². The van der Waals surface area contributed by atoms with E-state index in [9.17, 15) is 22.8 Å². The highest BCUT2D eigenvalue weighted by atomic mass is 32.2. The van der Waals surface area contributed by atoms with Crippen LogP contribution in [-0.2, 0) is 15.8 Å². The van der Waals surface area contributed by atoms with Crippen LogP contribution in [-0.4, -0.2) is 34.2 Å². The molecule has 1 atom stereocenters. The van der Waals surface area contributed by atoms with E-state index in [2.05, 4.69) is 0 Å². The average molecular weight is 319 g/mol. The molecule has 1 aliphatic heterocycles. The van der Waals surface area contributed by atoms with Gasteiger partial charge in [0.25, 0.3) is 0 Å². The zero-order chi connectivity index (χ0) is 15.6. The molecule has 1 fully saturated rings. The molecule has 1 N–H and O–H groups in total. The molecule has 1 saturated heterocycles. The summed E-state index contributed by atoms with van der Waals surface area (Å²) in [6, 6.07) is 4.77. The van der Waals surface area contributed by atoms with Crippen LogP contribution in [0.1, 0.15) is 22.9 Å². The molecular formula is C13H12F3NO3S. The van der Waals surface area contributed by atoms with Crippen molar-refractivity contribution in [2.24, 2.45) is 0 Å². The van der Waals surface area contributed by atoms with Crippen molar-refractivity contribution in [1.82, 2.24) is 4.90 Å². The molecule has 0 spiro atoms. The van der Waals surface area contributed by atoms with Crippen LogP contribution in [0.2, 0.25) is 0 Å². The Bertz CT molecular complexity index is 562. The molecule has 0 bridgehead atoms. The third kappa shape index (κ3) is 3.69. The highest BCUT2D eigenvalue weighted by molar-refractivity contribution is 8.00. The van der Waals surface area contributed by atoms with E-state index in [1.165, 1.54) is 28.8 Å². The maximum atomic E-state index is 12.7. The smallest absolute Gasteiger partial charge is 0.416 e. The summed E-state index contributed by atoms with van der Waals surface area (Å²) in [7, 11) is 0. The standard InChI is InChI=1S/C13H12F3NO3S/c14-13(15,16)9-3-1-2-8(6-9)12-17(5-4-11(19)20)10(18)7-21-12/h1-3,6,12H,4-5,7H2,(H,19,20). The Morgan fingerprint density at radius 3 is 2.76 bits per heavy atom. The molecule has 1 aromatic carbocycles. The first-order valence-corrected chi connectivity index (χ1v) is 7.14. The summed E-state index contributed by atoms with van der Waals surface area (Å²) in [6.07, 6.45) is -4.68. The zero-order valence-corrected chi connectivity index (χ0v) is 11.6. The van der Waals surface area contributed by atoms with Crippen molar-refractivity contribution >= 4 is 23.6 Å². The molecule has 0 radical (unpaired) electrons. The Labute approximate surface area is 122 Å². The minimum atomic E-state index is -4.45. The van der Waals surface area contributed by atoms with E-state index in [0.29, 0.717) is 5.56 Å². The zero-order valence-electron chi connectivity index (χ0n) is 10.8. The lowest BCUT2D eigenvalue weighted by Crippen LogP contribution is -2.30.